The number of benzene rings is 1. The van der Waals surface area contributed by atoms with E-state index in [0.29, 0.717) is 6.61 Å². The van der Waals surface area contributed by atoms with Crippen molar-refractivity contribution in [3.8, 4) is 0 Å². The quantitative estimate of drug-likeness (QED) is 0.626. The summed E-state index contributed by atoms with van der Waals surface area (Å²) in [5, 5.41) is 11.6. The summed E-state index contributed by atoms with van der Waals surface area (Å²) in [5.41, 5.74) is 0.521. The average molecular weight is 310 g/mol. The Labute approximate surface area is 132 Å². The highest BCUT2D eigenvalue weighted by molar-refractivity contribution is 6.38. The van der Waals surface area contributed by atoms with E-state index in [4.69, 9.17) is 4.74 Å². The molecule has 1 atom stereocenters. The lowest BCUT2D eigenvalue weighted by Gasteiger charge is -2.43. The van der Waals surface area contributed by atoms with Crippen LogP contribution in [0.5, 0.6) is 0 Å². The zero-order chi connectivity index (χ0) is 15.8. The average Bonchev–Trinajstić information content (AvgIpc) is 2.39. The van der Waals surface area contributed by atoms with E-state index in [1.54, 1.807) is 0 Å². The van der Waals surface area contributed by atoms with Crippen molar-refractivity contribution in [3.05, 3.63) is 35.9 Å². The van der Waals surface area contributed by atoms with E-state index in [9.17, 15) is 5.11 Å². The van der Waals surface area contributed by atoms with Gasteiger partial charge in [0.2, 0.25) is 0 Å². The van der Waals surface area contributed by atoms with Crippen LogP contribution in [0.25, 0.3) is 0 Å². The summed E-state index contributed by atoms with van der Waals surface area (Å²) in [6, 6.07) is 11.6. The maximum atomic E-state index is 11.6. The molecule has 1 aromatic rings. The van der Waals surface area contributed by atoms with Gasteiger partial charge < -0.3 is 14.3 Å². The fourth-order valence-corrected chi connectivity index (χ4v) is 4.09. The van der Waals surface area contributed by atoms with Crippen LogP contribution in [-0.2, 0) is 11.3 Å². The van der Waals surface area contributed by atoms with Crippen molar-refractivity contribution < 1.29 is 14.3 Å². The Morgan fingerprint density at radius 1 is 1.19 bits per heavy atom. The molecule has 120 valence electrons. The second kappa shape index (κ2) is 8.69. The molecule has 21 heavy (non-hydrogen) atoms. The van der Waals surface area contributed by atoms with Crippen LogP contribution in [0, 0.1) is 0 Å². The third kappa shape index (κ3) is 8.36. The molecule has 0 amide bonds. The van der Waals surface area contributed by atoms with Crippen LogP contribution in [0.2, 0.25) is 6.04 Å². The van der Waals surface area contributed by atoms with Crippen molar-refractivity contribution in [2.75, 3.05) is 27.7 Å². The number of ether oxygens (including phenoxy) is 1. The van der Waals surface area contributed by atoms with Gasteiger partial charge in [0.25, 0.3) is 0 Å². The molecular weight excluding hydrogens is 278 g/mol. The molecule has 0 N–H and O–H groups in total. The van der Waals surface area contributed by atoms with E-state index in [2.05, 4.69) is 58.4 Å². The second-order valence-electron chi connectivity index (χ2n) is 6.90. The summed E-state index contributed by atoms with van der Waals surface area (Å²) >= 11 is 0. The molecule has 0 radical (unpaired) electrons. The minimum Gasteiger partial charge on any atom is -0.831 e. The zero-order valence-corrected chi connectivity index (χ0v) is 15.5. The van der Waals surface area contributed by atoms with Gasteiger partial charge in [-0.3, -0.25) is 0 Å². The number of hydrogen-bond donors (Lipinski definition) is 0. The van der Waals surface area contributed by atoms with Gasteiger partial charge >= 0.3 is 0 Å². The molecule has 1 aromatic carbocycles. The molecule has 1 heterocycles. The van der Waals surface area contributed by atoms with Crippen LogP contribution >= 0.6 is 0 Å². The predicted octanol–water partition coefficient (Wildman–Crippen LogP) is 1.70. The summed E-state index contributed by atoms with van der Waals surface area (Å²) in [5.74, 6) is 0. The van der Waals surface area contributed by atoms with Crippen LogP contribution in [0.3, 0.4) is 0 Å². The van der Waals surface area contributed by atoms with Crippen LogP contribution in [0.1, 0.15) is 31.7 Å². The molecule has 1 saturated heterocycles. The monoisotopic (exact) mass is 309 g/mol. The van der Waals surface area contributed by atoms with Crippen molar-refractivity contribution in [2.45, 2.75) is 44.2 Å². The first-order chi connectivity index (χ1) is 9.85. The van der Waals surface area contributed by atoms with Crippen LogP contribution in [0.15, 0.2) is 30.3 Å². The predicted molar refractivity (Wildman–Crippen MR) is 89.7 cm³/mol. The van der Waals surface area contributed by atoms with Gasteiger partial charge in [-0.2, -0.15) is 0 Å². The van der Waals surface area contributed by atoms with Gasteiger partial charge in [-0.15, -0.1) is 0 Å². The lowest BCUT2D eigenvalue weighted by molar-refractivity contribution is -0.884. The Morgan fingerprint density at radius 3 is 2.33 bits per heavy atom. The van der Waals surface area contributed by atoms with E-state index in [1.165, 1.54) is 5.56 Å². The van der Waals surface area contributed by atoms with Gasteiger partial charge in [-0.25, -0.2) is 0 Å². The third-order valence-corrected chi connectivity index (χ3v) is 5.27. The number of quaternary nitrogens is 1. The van der Waals surface area contributed by atoms with Crippen molar-refractivity contribution in [3.63, 3.8) is 0 Å². The summed E-state index contributed by atoms with van der Waals surface area (Å²) in [4.78, 5) is 0. The Balaban J connectivity index is 0.000000211. The second-order valence-corrected chi connectivity index (χ2v) is 9.48. The molecule has 1 unspecified atom stereocenters. The summed E-state index contributed by atoms with van der Waals surface area (Å²) in [6.07, 6.45) is 2.94. The number of hydrogen-bond acceptors (Lipinski definition) is 2. The highest BCUT2D eigenvalue weighted by Gasteiger charge is 2.19. The fourth-order valence-electron chi connectivity index (χ4n) is 2.54. The van der Waals surface area contributed by atoms with Crippen molar-refractivity contribution in [1.82, 2.24) is 0 Å². The normalized spacial score (nSPS) is 22.9. The first-order valence-corrected chi connectivity index (χ1v) is 9.74. The Morgan fingerprint density at radius 2 is 1.86 bits per heavy atom. The molecular formula is C17H31NO2Si. The van der Waals surface area contributed by atoms with Crippen molar-refractivity contribution in [2.24, 2.45) is 0 Å². The molecule has 1 aliphatic rings. The standard InChI is InChI=1S/C10H16N.C7H15O2Si/c1-11(2,3)9-10-7-5-4-6-8-10;1-2-10-7(8)5-3-4-6-9-7/h4-8H,9H2,1-3H3;2-6,10H2,1H3/q+1;-1. The van der Waals surface area contributed by atoms with Crippen LogP contribution in [0.4, 0.5) is 0 Å². The van der Waals surface area contributed by atoms with Crippen molar-refractivity contribution in [1.29, 1.82) is 0 Å². The molecule has 0 saturated carbocycles. The van der Waals surface area contributed by atoms with Gasteiger partial charge in [0.15, 0.2) is 0 Å². The smallest absolute Gasteiger partial charge is 0.104 e. The van der Waals surface area contributed by atoms with E-state index in [-0.39, 0.29) is 0 Å². The molecule has 4 heteroatoms. The molecule has 3 nitrogen and oxygen atoms in total. The first kappa shape index (κ1) is 18.4. The minimum absolute atomic E-state index is 0.498. The SMILES string of the molecule is CC[SiH2]C1([O-])CCCCO1.C[N+](C)(C)Cc1ccccc1. The van der Waals surface area contributed by atoms with Crippen LogP contribution in [-0.4, -0.2) is 47.2 Å². The fraction of sp³-hybridized carbons (Fsp3) is 0.647. The Hall–Kier alpha value is -0.683. The van der Waals surface area contributed by atoms with Crippen molar-refractivity contribution >= 4 is 9.52 Å². The molecule has 0 aliphatic carbocycles. The highest BCUT2D eigenvalue weighted by atomic mass is 28.2. The highest BCUT2D eigenvalue weighted by Crippen LogP contribution is 2.18. The topological polar surface area (TPSA) is 32.3 Å². The lowest BCUT2D eigenvalue weighted by atomic mass is 10.2. The maximum Gasteiger partial charge on any atom is 0.104 e. The number of rotatable bonds is 4. The van der Waals surface area contributed by atoms with E-state index in [0.717, 1.165) is 36.3 Å². The number of nitrogens with zero attached hydrogens (tertiary/aromatic N) is 1. The Kier molecular flexibility index (Phi) is 7.60. The molecule has 0 aromatic heterocycles. The van der Waals surface area contributed by atoms with Gasteiger partial charge in [0.1, 0.15) is 6.54 Å². The van der Waals surface area contributed by atoms with E-state index < -0.39 is 14.9 Å². The van der Waals surface area contributed by atoms with Crippen LogP contribution < -0.4 is 5.11 Å². The Bertz CT molecular complexity index is 378. The van der Waals surface area contributed by atoms with Gasteiger partial charge in [0, 0.05) is 21.7 Å². The maximum absolute atomic E-state index is 11.6. The van der Waals surface area contributed by atoms with Gasteiger partial charge in [-0.1, -0.05) is 49.7 Å². The third-order valence-electron chi connectivity index (χ3n) is 3.45. The van der Waals surface area contributed by atoms with Gasteiger partial charge in [-0.05, 0) is 18.3 Å². The summed E-state index contributed by atoms with van der Waals surface area (Å²) in [6.45, 7) is 3.89. The molecule has 2 rings (SSSR count). The van der Waals surface area contributed by atoms with E-state index in [1.807, 2.05) is 0 Å². The molecule has 0 spiro atoms. The molecule has 1 fully saturated rings. The molecule has 0 bridgehead atoms. The zero-order valence-electron chi connectivity index (χ0n) is 14.1. The van der Waals surface area contributed by atoms with Gasteiger partial charge in [0.05, 0.1) is 21.1 Å². The summed E-state index contributed by atoms with van der Waals surface area (Å²) in [7, 11) is 6.11. The van der Waals surface area contributed by atoms with E-state index >= 15 is 0 Å². The lowest BCUT2D eigenvalue weighted by Crippen LogP contribution is -2.53. The summed E-state index contributed by atoms with van der Waals surface area (Å²) < 4.78 is 6.20. The molecule has 1 aliphatic heterocycles. The first-order valence-electron chi connectivity index (χ1n) is 8.03. The largest absolute Gasteiger partial charge is 0.831 e. The minimum atomic E-state index is -0.882.